The quantitative estimate of drug-likeness (QED) is 0.525. The Labute approximate surface area is 130 Å². The molecule has 1 aromatic carbocycles. The first kappa shape index (κ1) is 12.6. The van der Waals surface area contributed by atoms with Gasteiger partial charge in [-0.05, 0) is 47.1 Å². The van der Waals surface area contributed by atoms with Gasteiger partial charge < -0.3 is 8.97 Å². The van der Waals surface area contributed by atoms with E-state index in [0.717, 1.165) is 38.4 Å². The SMILES string of the molecule is Cc1c(Br)ccc2nc(-c3nc4ccccc4n3C)cn12. The summed E-state index contributed by atoms with van der Waals surface area (Å²) in [6.45, 7) is 2.07. The zero-order valence-corrected chi connectivity index (χ0v) is 13.3. The average Bonchev–Trinajstić information content (AvgIpc) is 3.06. The molecule has 21 heavy (non-hydrogen) atoms. The molecule has 4 nitrogen and oxygen atoms in total. The van der Waals surface area contributed by atoms with Crippen LogP contribution in [-0.4, -0.2) is 18.9 Å². The number of halogens is 1. The molecule has 104 valence electrons. The molecule has 0 fully saturated rings. The highest BCUT2D eigenvalue weighted by Gasteiger charge is 2.13. The van der Waals surface area contributed by atoms with Crippen LogP contribution in [0.2, 0.25) is 0 Å². The number of aromatic nitrogens is 4. The third kappa shape index (κ3) is 1.81. The van der Waals surface area contributed by atoms with Crippen molar-refractivity contribution in [3.05, 3.63) is 52.8 Å². The van der Waals surface area contributed by atoms with Crippen LogP contribution in [-0.2, 0) is 7.05 Å². The fourth-order valence-electron chi connectivity index (χ4n) is 2.65. The van der Waals surface area contributed by atoms with E-state index in [1.807, 2.05) is 43.6 Å². The van der Waals surface area contributed by atoms with Crippen LogP contribution < -0.4 is 0 Å². The van der Waals surface area contributed by atoms with Crippen molar-refractivity contribution in [2.75, 3.05) is 0 Å². The molecule has 0 aliphatic heterocycles. The van der Waals surface area contributed by atoms with Crippen LogP contribution in [0.4, 0.5) is 0 Å². The molecule has 0 aliphatic rings. The maximum atomic E-state index is 4.71. The zero-order chi connectivity index (χ0) is 14.6. The summed E-state index contributed by atoms with van der Waals surface area (Å²) in [4.78, 5) is 9.41. The van der Waals surface area contributed by atoms with Gasteiger partial charge in [0.15, 0.2) is 5.82 Å². The van der Waals surface area contributed by atoms with Gasteiger partial charge in [-0.3, -0.25) is 0 Å². The van der Waals surface area contributed by atoms with Gasteiger partial charge in [0, 0.05) is 23.4 Å². The van der Waals surface area contributed by atoms with E-state index in [0.29, 0.717) is 0 Å². The van der Waals surface area contributed by atoms with E-state index in [9.17, 15) is 0 Å². The number of benzene rings is 1. The fourth-order valence-corrected chi connectivity index (χ4v) is 2.97. The predicted octanol–water partition coefficient (Wildman–Crippen LogP) is 3.96. The van der Waals surface area contributed by atoms with Crippen LogP contribution in [0.25, 0.3) is 28.2 Å². The maximum Gasteiger partial charge on any atom is 0.161 e. The molecule has 0 saturated heterocycles. The zero-order valence-electron chi connectivity index (χ0n) is 11.7. The van der Waals surface area contributed by atoms with Crippen LogP contribution in [0.1, 0.15) is 5.69 Å². The maximum absolute atomic E-state index is 4.71. The number of aryl methyl sites for hydroxylation is 2. The Morgan fingerprint density at radius 1 is 1.05 bits per heavy atom. The first-order chi connectivity index (χ1) is 10.1. The molecule has 3 heterocycles. The molecule has 0 N–H and O–H groups in total. The second-order valence-corrected chi connectivity index (χ2v) is 5.96. The standard InChI is InChI=1S/C16H13BrN4/c1-10-11(17)7-8-15-18-13(9-21(10)15)16-19-12-5-3-4-6-14(12)20(16)2/h3-9H,1-2H3. The smallest absolute Gasteiger partial charge is 0.161 e. The van der Waals surface area contributed by atoms with E-state index in [4.69, 9.17) is 9.97 Å². The minimum Gasteiger partial charge on any atom is -0.326 e. The molecular formula is C16H13BrN4. The summed E-state index contributed by atoms with van der Waals surface area (Å²) in [7, 11) is 2.03. The summed E-state index contributed by atoms with van der Waals surface area (Å²) < 4.78 is 5.24. The van der Waals surface area contributed by atoms with E-state index in [-0.39, 0.29) is 0 Å². The molecule has 3 aromatic heterocycles. The van der Waals surface area contributed by atoms with Crippen LogP contribution >= 0.6 is 15.9 Å². The lowest BCUT2D eigenvalue weighted by molar-refractivity contribution is 0.953. The minimum atomic E-state index is 0.884. The van der Waals surface area contributed by atoms with E-state index in [1.165, 1.54) is 0 Å². The van der Waals surface area contributed by atoms with Crippen LogP contribution in [0.5, 0.6) is 0 Å². The Morgan fingerprint density at radius 2 is 1.86 bits per heavy atom. The Kier molecular flexibility index (Phi) is 2.65. The van der Waals surface area contributed by atoms with Gasteiger partial charge in [-0.2, -0.15) is 0 Å². The summed E-state index contributed by atoms with van der Waals surface area (Å²) in [5.41, 5.74) is 5.05. The third-order valence-electron chi connectivity index (χ3n) is 3.84. The molecule has 0 amide bonds. The van der Waals surface area contributed by atoms with Gasteiger partial charge >= 0.3 is 0 Å². The van der Waals surface area contributed by atoms with Gasteiger partial charge in [0.1, 0.15) is 11.3 Å². The highest BCUT2D eigenvalue weighted by Crippen LogP contribution is 2.25. The van der Waals surface area contributed by atoms with Gasteiger partial charge in [-0.1, -0.05) is 12.1 Å². The molecule has 0 spiro atoms. The summed E-state index contributed by atoms with van der Waals surface area (Å²) in [5.74, 6) is 0.885. The molecule has 4 aromatic rings. The Morgan fingerprint density at radius 3 is 2.67 bits per heavy atom. The molecule has 4 rings (SSSR count). The minimum absolute atomic E-state index is 0.884. The molecule has 0 aliphatic carbocycles. The first-order valence-electron chi connectivity index (χ1n) is 6.71. The van der Waals surface area contributed by atoms with Crippen molar-refractivity contribution in [2.45, 2.75) is 6.92 Å². The van der Waals surface area contributed by atoms with E-state index in [1.54, 1.807) is 0 Å². The van der Waals surface area contributed by atoms with E-state index >= 15 is 0 Å². The molecule has 0 atom stereocenters. The van der Waals surface area contributed by atoms with Crippen LogP contribution in [0.15, 0.2) is 47.1 Å². The average molecular weight is 341 g/mol. The lowest BCUT2D eigenvalue weighted by Crippen LogP contribution is -1.92. The van der Waals surface area contributed by atoms with Gasteiger partial charge in [0.2, 0.25) is 0 Å². The first-order valence-corrected chi connectivity index (χ1v) is 7.50. The predicted molar refractivity (Wildman–Crippen MR) is 87.3 cm³/mol. The lowest BCUT2D eigenvalue weighted by Gasteiger charge is -2.00. The second kappa shape index (κ2) is 4.43. The number of imidazole rings is 2. The highest BCUT2D eigenvalue weighted by molar-refractivity contribution is 9.10. The molecule has 5 heteroatoms. The van der Waals surface area contributed by atoms with Crippen LogP contribution in [0.3, 0.4) is 0 Å². The van der Waals surface area contributed by atoms with Crippen molar-refractivity contribution >= 4 is 32.6 Å². The number of nitrogens with zero attached hydrogens (tertiary/aromatic N) is 4. The molecule has 0 unspecified atom stereocenters. The fraction of sp³-hybridized carbons (Fsp3) is 0.125. The Bertz CT molecular complexity index is 981. The largest absolute Gasteiger partial charge is 0.326 e. The molecule has 0 radical (unpaired) electrons. The number of hydrogen-bond acceptors (Lipinski definition) is 2. The molecule has 0 bridgehead atoms. The summed E-state index contributed by atoms with van der Waals surface area (Å²) in [6, 6.07) is 12.2. The molecule has 0 saturated carbocycles. The lowest BCUT2D eigenvalue weighted by atomic mass is 10.3. The summed E-state index contributed by atoms with van der Waals surface area (Å²) in [6.07, 6.45) is 2.04. The number of fused-ring (bicyclic) bond motifs is 2. The summed E-state index contributed by atoms with van der Waals surface area (Å²) >= 11 is 3.55. The van der Waals surface area contributed by atoms with Crippen molar-refractivity contribution < 1.29 is 0 Å². The van der Waals surface area contributed by atoms with Crippen molar-refractivity contribution in [3.63, 3.8) is 0 Å². The van der Waals surface area contributed by atoms with Crippen molar-refractivity contribution in [2.24, 2.45) is 7.05 Å². The number of pyridine rings is 1. The normalized spacial score (nSPS) is 11.6. The van der Waals surface area contributed by atoms with Crippen molar-refractivity contribution in [1.82, 2.24) is 18.9 Å². The highest BCUT2D eigenvalue weighted by atomic mass is 79.9. The van der Waals surface area contributed by atoms with Gasteiger partial charge in [0.05, 0.1) is 11.0 Å². The number of para-hydroxylation sites is 2. The van der Waals surface area contributed by atoms with Gasteiger partial charge in [-0.25, -0.2) is 9.97 Å². The Hall–Kier alpha value is -2.14. The summed E-state index contributed by atoms with van der Waals surface area (Å²) in [5, 5.41) is 0. The number of rotatable bonds is 1. The van der Waals surface area contributed by atoms with E-state index < -0.39 is 0 Å². The third-order valence-corrected chi connectivity index (χ3v) is 4.67. The topological polar surface area (TPSA) is 35.1 Å². The van der Waals surface area contributed by atoms with Crippen LogP contribution in [0, 0.1) is 6.92 Å². The number of hydrogen-bond donors (Lipinski definition) is 0. The van der Waals surface area contributed by atoms with Gasteiger partial charge in [-0.15, -0.1) is 0 Å². The van der Waals surface area contributed by atoms with Crippen molar-refractivity contribution in [1.29, 1.82) is 0 Å². The van der Waals surface area contributed by atoms with E-state index in [2.05, 4.69) is 37.9 Å². The monoisotopic (exact) mass is 340 g/mol. The van der Waals surface area contributed by atoms with Gasteiger partial charge in [0.25, 0.3) is 0 Å². The Balaban J connectivity index is 2.00. The van der Waals surface area contributed by atoms with Crippen molar-refractivity contribution in [3.8, 4) is 11.5 Å². The molecular weight excluding hydrogens is 328 g/mol. The second-order valence-electron chi connectivity index (χ2n) is 5.10.